The zero-order valence-corrected chi connectivity index (χ0v) is 27.3. The summed E-state index contributed by atoms with van der Waals surface area (Å²) in [6.45, 7) is 17.8. The summed E-state index contributed by atoms with van der Waals surface area (Å²) in [5, 5.41) is 2.24. The van der Waals surface area contributed by atoms with Crippen LogP contribution in [0.1, 0.15) is 74.7 Å². The monoisotopic (exact) mass is 575 g/mol. The van der Waals surface area contributed by atoms with Crippen LogP contribution in [-0.2, 0) is 18.8 Å². The van der Waals surface area contributed by atoms with E-state index in [9.17, 15) is 14.4 Å². The number of likely N-dealkylation sites (tertiary alicyclic amines) is 1. The molecular weight excluding hydrogens is 526 g/mol. The first kappa shape index (κ1) is 31.5. The summed E-state index contributed by atoms with van der Waals surface area (Å²) < 4.78 is 7.31. The van der Waals surface area contributed by atoms with Crippen molar-refractivity contribution in [1.29, 1.82) is 0 Å². The van der Waals surface area contributed by atoms with Crippen molar-refractivity contribution in [2.24, 2.45) is 22.7 Å². The van der Waals surface area contributed by atoms with Crippen molar-refractivity contribution in [3.63, 3.8) is 0 Å². The molecule has 2 aromatic carbocycles. The maximum absolute atomic E-state index is 14.0. The van der Waals surface area contributed by atoms with E-state index in [4.69, 9.17) is 4.43 Å². The molecule has 0 aromatic heterocycles. The zero-order chi connectivity index (χ0) is 30.2. The van der Waals surface area contributed by atoms with Crippen LogP contribution < -0.4 is 10.4 Å². The Morgan fingerprint density at radius 2 is 1.24 bits per heavy atom. The lowest BCUT2D eigenvalue weighted by Gasteiger charge is -2.49. The molecule has 41 heavy (non-hydrogen) atoms. The third kappa shape index (κ3) is 5.55. The number of carbonyl (C=O) groups is 3. The molecule has 0 spiro atoms. The minimum absolute atomic E-state index is 0.104. The fourth-order valence-electron chi connectivity index (χ4n) is 7.44. The molecule has 1 heterocycles. The van der Waals surface area contributed by atoms with Crippen LogP contribution >= 0.6 is 0 Å². The Balaban J connectivity index is 1.78. The first-order valence-corrected chi connectivity index (χ1v) is 17.2. The molecule has 2 aromatic rings. The highest BCUT2D eigenvalue weighted by Crippen LogP contribution is 2.45. The highest BCUT2D eigenvalue weighted by molar-refractivity contribution is 6.99. The molecule has 1 aliphatic heterocycles. The quantitative estimate of drug-likeness (QED) is 0.310. The van der Waals surface area contributed by atoms with E-state index in [0.29, 0.717) is 6.61 Å². The first-order chi connectivity index (χ1) is 19.2. The van der Waals surface area contributed by atoms with E-state index in [1.165, 1.54) is 10.4 Å². The van der Waals surface area contributed by atoms with Gasteiger partial charge >= 0.3 is 0 Å². The van der Waals surface area contributed by atoms with E-state index in [0.717, 1.165) is 32.4 Å². The molecule has 5 nitrogen and oxygen atoms in total. The lowest BCUT2D eigenvalue weighted by atomic mass is 9.56. The molecule has 2 atom stereocenters. The van der Waals surface area contributed by atoms with Crippen LogP contribution in [-0.4, -0.2) is 56.3 Å². The predicted molar refractivity (Wildman–Crippen MR) is 168 cm³/mol. The van der Waals surface area contributed by atoms with Crippen molar-refractivity contribution in [1.82, 2.24) is 4.90 Å². The second-order valence-electron chi connectivity index (χ2n) is 14.3. The Morgan fingerprint density at radius 1 is 0.805 bits per heavy atom. The van der Waals surface area contributed by atoms with Crippen LogP contribution in [0.2, 0.25) is 5.04 Å². The van der Waals surface area contributed by atoms with Gasteiger partial charge in [0, 0.05) is 12.6 Å². The number of hydrogen-bond donors (Lipinski definition) is 0. The molecule has 0 N–H and O–H groups in total. The Hall–Kier alpha value is -2.41. The highest BCUT2D eigenvalue weighted by Gasteiger charge is 2.61. The molecule has 0 bridgehead atoms. The Labute approximate surface area is 248 Å². The molecule has 0 amide bonds. The van der Waals surface area contributed by atoms with Crippen molar-refractivity contribution in [2.45, 2.75) is 85.7 Å². The number of nitrogens with zero attached hydrogens (tertiary/aromatic N) is 1. The van der Waals surface area contributed by atoms with Gasteiger partial charge in [0.15, 0.2) is 17.3 Å². The van der Waals surface area contributed by atoms with Crippen LogP contribution in [0.15, 0.2) is 60.7 Å². The molecule has 2 aliphatic rings. The number of piperidine rings is 1. The molecule has 6 heteroatoms. The van der Waals surface area contributed by atoms with Gasteiger partial charge in [-0.2, -0.15) is 0 Å². The SMILES string of the molecule is CC(CO[Si](c1ccccc1)(c1ccccc1)C(C)(C)C)C(C1C(=O)C(C)(C)C(=O)C(C)(C)C1=O)N1CCCCC1. The second-order valence-corrected chi connectivity index (χ2v) is 18.6. The molecular formula is C35H49NO4Si. The molecule has 1 aliphatic carbocycles. The van der Waals surface area contributed by atoms with Gasteiger partial charge in [-0.1, -0.05) is 94.8 Å². The topological polar surface area (TPSA) is 63.7 Å². The van der Waals surface area contributed by atoms with Gasteiger partial charge in [0.05, 0.1) is 16.7 Å². The molecule has 2 unspecified atom stereocenters. The van der Waals surface area contributed by atoms with E-state index in [-0.39, 0.29) is 34.3 Å². The molecule has 1 saturated heterocycles. The van der Waals surface area contributed by atoms with Crippen molar-refractivity contribution in [3.8, 4) is 0 Å². The fraction of sp³-hybridized carbons (Fsp3) is 0.571. The third-order valence-electron chi connectivity index (χ3n) is 9.65. The van der Waals surface area contributed by atoms with Crippen LogP contribution in [0.5, 0.6) is 0 Å². The van der Waals surface area contributed by atoms with Crippen molar-refractivity contribution in [3.05, 3.63) is 60.7 Å². The summed E-state index contributed by atoms with van der Waals surface area (Å²) in [7, 11) is -2.80. The van der Waals surface area contributed by atoms with Crippen LogP contribution in [0.25, 0.3) is 0 Å². The average molecular weight is 576 g/mol. The summed E-state index contributed by atoms with van der Waals surface area (Å²) in [4.78, 5) is 43.8. The van der Waals surface area contributed by atoms with E-state index >= 15 is 0 Å². The van der Waals surface area contributed by atoms with Crippen LogP contribution in [0.4, 0.5) is 0 Å². The minimum Gasteiger partial charge on any atom is -0.407 e. The maximum Gasteiger partial charge on any atom is 0.261 e. The number of hydrogen-bond acceptors (Lipinski definition) is 5. The Kier molecular flexibility index (Phi) is 8.99. The summed E-state index contributed by atoms with van der Waals surface area (Å²) in [5.41, 5.74) is -2.40. The largest absolute Gasteiger partial charge is 0.407 e. The van der Waals surface area contributed by atoms with E-state index in [2.05, 4.69) is 81.1 Å². The van der Waals surface area contributed by atoms with Crippen molar-refractivity contribution >= 4 is 36.0 Å². The van der Waals surface area contributed by atoms with E-state index in [1.807, 2.05) is 12.1 Å². The third-order valence-corrected chi connectivity index (χ3v) is 14.7. The van der Waals surface area contributed by atoms with Crippen LogP contribution in [0.3, 0.4) is 0 Å². The number of ketones is 3. The first-order valence-electron chi connectivity index (χ1n) is 15.3. The smallest absolute Gasteiger partial charge is 0.261 e. The van der Waals surface area contributed by atoms with Gasteiger partial charge in [-0.05, 0) is 75.0 Å². The van der Waals surface area contributed by atoms with Gasteiger partial charge in [0.2, 0.25) is 0 Å². The highest BCUT2D eigenvalue weighted by atomic mass is 28.4. The van der Waals surface area contributed by atoms with Crippen molar-refractivity contribution < 1.29 is 18.8 Å². The average Bonchev–Trinajstić information content (AvgIpc) is 2.95. The fourth-order valence-corrected chi connectivity index (χ4v) is 12.1. The van der Waals surface area contributed by atoms with E-state index < -0.39 is 25.1 Å². The number of Topliss-reactive ketones (excluding diaryl/α,β-unsaturated/α-hetero) is 3. The second kappa shape index (κ2) is 11.7. The predicted octanol–water partition coefficient (Wildman–Crippen LogP) is 5.44. The van der Waals surface area contributed by atoms with E-state index in [1.54, 1.807) is 27.7 Å². The number of rotatable bonds is 8. The lowest BCUT2D eigenvalue weighted by Crippen LogP contribution is -2.68. The van der Waals surface area contributed by atoms with Gasteiger partial charge in [0.1, 0.15) is 0 Å². The standard InChI is InChI=1S/C35H49NO4Si/c1-25(24-40-41(33(2,3)4,26-18-12-9-13-19-26)27-20-14-10-15-21-27)29(36-22-16-11-17-23-36)28-30(37)34(5,6)32(39)35(7,8)31(28)38/h9-10,12-15,18-21,25,28-29H,11,16-17,22-24H2,1-8H3. The molecule has 1 saturated carbocycles. The summed E-state index contributed by atoms with van der Waals surface area (Å²) >= 11 is 0. The molecule has 222 valence electrons. The molecule has 2 fully saturated rings. The number of benzene rings is 2. The summed E-state index contributed by atoms with van der Waals surface area (Å²) in [6.07, 6.45) is 3.23. The minimum atomic E-state index is -2.80. The Morgan fingerprint density at radius 3 is 1.66 bits per heavy atom. The summed E-state index contributed by atoms with van der Waals surface area (Å²) in [6, 6.07) is 20.8. The normalized spacial score (nSPS) is 22.0. The van der Waals surface area contributed by atoms with Gasteiger partial charge in [-0.3, -0.25) is 19.3 Å². The van der Waals surface area contributed by atoms with Crippen LogP contribution in [0, 0.1) is 22.7 Å². The lowest BCUT2D eigenvalue weighted by molar-refractivity contribution is -0.163. The number of carbonyl (C=O) groups excluding carboxylic acids is 3. The Bertz CT molecular complexity index is 1170. The van der Waals surface area contributed by atoms with Gasteiger partial charge < -0.3 is 4.43 Å². The van der Waals surface area contributed by atoms with Gasteiger partial charge in [-0.15, -0.1) is 0 Å². The molecule has 0 radical (unpaired) electrons. The van der Waals surface area contributed by atoms with Gasteiger partial charge in [0.25, 0.3) is 8.32 Å². The maximum atomic E-state index is 14.0. The summed E-state index contributed by atoms with van der Waals surface area (Å²) in [5.74, 6) is -1.70. The molecule has 4 rings (SSSR count). The van der Waals surface area contributed by atoms with Gasteiger partial charge in [-0.25, -0.2) is 0 Å². The zero-order valence-electron chi connectivity index (χ0n) is 26.3. The van der Waals surface area contributed by atoms with Crippen molar-refractivity contribution in [2.75, 3.05) is 19.7 Å².